The van der Waals surface area contributed by atoms with Crippen LogP contribution < -0.4 is 10.2 Å². The first kappa shape index (κ1) is 14.2. The Morgan fingerprint density at radius 1 is 1.35 bits per heavy atom. The van der Waals surface area contributed by atoms with Gasteiger partial charge in [0.05, 0.1) is 6.10 Å². The summed E-state index contributed by atoms with van der Waals surface area (Å²) in [6.07, 6.45) is 5.34. The lowest BCUT2D eigenvalue weighted by Crippen LogP contribution is -2.30. The Bertz CT molecular complexity index is 456. The summed E-state index contributed by atoms with van der Waals surface area (Å²) in [5.41, 5.74) is 2.54. The maximum atomic E-state index is 6.17. The van der Waals surface area contributed by atoms with Crippen LogP contribution in [0.25, 0.3) is 0 Å². The smallest absolute Gasteiger partial charge is 0.0750 e. The molecule has 0 aromatic heterocycles. The highest BCUT2D eigenvalue weighted by molar-refractivity contribution is 6.30. The van der Waals surface area contributed by atoms with Gasteiger partial charge < -0.3 is 15.0 Å². The molecule has 0 spiro atoms. The molecule has 1 N–H and O–H groups in total. The highest BCUT2D eigenvalue weighted by atomic mass is 35.5. The highest BCUT2D eigenvalue weighted by Crippen LogP contribution is 2.27. The number of ether oxygens (including phenoxy) is 1. The Hall–Kier alpha value is -0.770. The lowest BCUT2D eigenvalue weighted by molar-refractivity contribution is 0.116. The largest absolute Gasteiger partial charge is 0.376 e. The van der Waals surface area contributed by atoms with Crippen molar-refractivity contribution in [3.8, 4) is 0 Å². The molecule has 3 rings (SSSR count). The van der Waals surface area contributed by atoms with Gasteiger partial charge in [-0.15, -0.1) is 0 Å². The Balaban J connectivity index is 1.68. The van der Waals surface area contributed by atoms with Gasteiger partial charge in [-0.3, -0.25) is 0 Å². The fraction of sp³-hybridized carbons (Fsp3) is 0.625. The molecule has 1 heterocycles. The summed E-state index contributed by atoms with van der Waals surface area (Å²) in [6, 6.07) is 6.91. The van der Waals surface area contributed by atoms with Gasteiger partial charge in [-0.25, -0.2) is 0 Å². The molecule has 1 aliphatic carbocycles. The number of anilines is 1. The lowest BCUT2D eigenvalue weighted by atomic mass is 10.1. The van der Waals surface area contributed by atoms with Crippen molar-refractivity contribution in [2.75, 3.05) is 25.1 Å². The molecule has 0 amide bonds. The van der Waals surface area contributed by atoms with Crippen LogP contribution in [0.15, 0.2) is 18.2 Å². The second-order valence-electron chi connectivity index (χ2n) is 5.94. The van der Waals surface area contributed by atoms with Crippen LogP contribution in [0.5, 0.6) is 0 Å². The summed E-state index contributed by atoms with van der Waals surface area (Å²) >= 11 is 6.17. The third-order valence-corrected chi connectivity index (χ3v) is 4.35. The normalized spacial score (nSPS) is 22.2. The molecule has 1 atom stereocenters. The molecule has 4 heteroatoms. The summed E-state index contributed by atoms with van der Waals surface area (Å²) in [4.78, 5) is 2.28. The molecule has 1 unspecified atom stereocenters. The zero-order valence-electron chi connectivity index (χ0n) is 12.1. The Morgan fingerprint density at radius 3 is 2.90 bits per heavy atom. The Kier molecular flexibility index (Phi) is 4.49. The number of halogens is 1. The average Bonchev–Trinajstić information content (AvgIpc) is 3.13. The minimum absolute atomic E-state index is 0.364. The van der Waals surface area contributed by atoms with Crippen LogP contribution in [-0.2, 0) is 11.3 Å². The topological polar surface area (TPSA) is 24.5 Å². The van der Waals surface area contributed by atoms with E-state index in [9.17, 15) is 0 Å². The standard InChI is InChI=1S/C16H23ClN2O/c1-19(11-15-3-2-8-20-15)16-9-13(17)5-4-12(16)10-18-14-6-7-14/h4-5,9,14-15,18H,2-3,6-8,10-11H2,1H3. The zero-order chi connectivity index (χ0) is 13.9. The molecular formula is C16H23ClN2O. The van der Waals surface area contributed by atoms with Gasteiger partial charge in [-0.2, -0.15) is 0 Å². The van der Waals surface area contributed by atoms with Gasteiger partial charge in [-0.1, -0.05) is 17.7 Å². The van der Waals surface area contributed by atoms with Crippen molar-refractivity contribution in [3.05, 3.63) is 28.8 Å². The van der Waals surface area contributed by atoms with Crippen LogP contribution in [-0.4, -0.2) is 32.3 Å². The maximum absolute atomic E-state index is 6.17. The van der Waals surface area contributed by atoms with E-state index in [0.29, 0.717) is 6.10 Å². The predicted molar refractivity (Wildman–Crippen MR) is 83.6 cm³/mol. The predicted octanol–water partition coefficient (Wildman–Crippen LogP) is 3.21. The molecule has 1 aliphatic heterocycles. The van der Waals surface area contributed by atoms with E-state index in [2.05, 4.69) is 29.4 Å². The van der Waals surface area contributed by atoms with E-state index in [1.165, 1.54) is 36.9 Å². The molecule has 20 heavy (non-hydrogen) atoms. The van der Waals surface area contributed by atoms with Crippen molar-refractivity contribution in [2.45, 2.75) is 44.4 Å². The summed E-state index contributed by atoms with van der Waals surface area (Å²) in [5.74, 6) is 0. The van der Waals surface area contributed by atoms with Crippen LogP contribution in [0.1, 0.15) is 31.2 Å². The SMILES string of the molecule is CN(CC1CCCO1)c1cc(Cl)ccc1CNC1CC1. The molecule has 1 saturated carbocycles. The zero-order valence-corrected chi connectivity index (χ0v) is 12.8. The van der Waals surface area contributed by atoms with Crippen molar-refractivity contribution in [1.29, 1.82) is 0 Å². The fourth-order valence-corrected chi connectivity index (χ4v) is 2.94. The molecule has 1 aromatic rings. The summed E-state index contributed by atoms with van der Waals surface area (Å²) in [6.45, 7) is 2.77. The number of benzene rings is 1. The number of nitrogens with one attached hydrogen (secondary N) is 1. The van der Waals surface area contributed by atoms with Crippen molar-refractivity contribution in [2.24, 2.45) is 0 Å². The molecule has 0 bridgehead atoms. The van der Waals surface area contributed by atoms with E-state index in [4.69, 9.17) is 16.3 Å². The molecule has 3 nitrogen and oxygen atoms in total. The molecule has 2 aliphatic rings. The van der Waals surface area contributed by atoms with Gasteiger partial charge in [0.15, 0.2) is 0 Å². The van der Waals surface area contributed by atoms with Crippen molar-refractivity contribution in [3.63, 3.8) is 0 Å². The molecular weight excluding hydrogens is 272 g/mol. The van der Waals surface area contributed by atoms with E-state index in [1.807, 2.05) is 6.07 Å². The highest BCUT2D eigenvalue weighted by Gasteiger charge is 2.22. The van der Waals surface area contributed by atoms with E-state index in [-0.39, 0.29) is 0 Å². The first-order chi connectivity index (χ1) is 9.72. The summed E-state index contributed by atoms with van der Waals surface area (Å²) < 4.78 is 5.73. The minimum Gasteiger partial charge on any atom is -0.376 e. The number of hydrogen-bond acceptors (Lipinski definition) is 3. The first-order valence-electron chi connectivity index (χ1n) is 7.57. The molecule has 1 saturated heterocycles. The molecule has 110 valence electrons. The molecule has 2 fully saturated rings. The van der Waals surface area contributed by atoms with Gasteiger partial charge >= 0.3 is 0 Å². The third kappa shape index (κ3) is 3.66. The van der Waals surface area contributed by atoms with Gasteiger partial charge in [0.1, 0.15) is 0 Å². The number of likely N-dealkylation sites (N-methyl/N-ethyl adjacent to an activating group) is 1. The Labute approximate surface area is 126 Å². The van der Waals surface area contributed by atoms with Crippen LogP contribution in [0.3, 0.4) is 0 Å². The quantitative estimate of drug-likeness (QED) is 0.872. The summed E-state index contributed by atoms with van der Waals surface area (Å²) in [5, 5.41) is 4.38. The average molecular weight is 295 g/mol. The van der Waals surface area contributed by atoms with Gasteiger partial charge in [0.2, 0.25) is 0 Å². The van der Waals surface area contributed by atoms with Crippen molar-refractivity contribution in [1.82, 2.24) is 5.32 Å². The molecule has 0 radical (unpaired) electrons. The summed E-state index contributed by atoms with van der Waals surface area (Å²) in [7, 11) is 2.13. The number of nitrogens with zero attached hydrogens (tertiary/aromatic N) is 1. The third-order valence-electron chi connectivity index (χ3n) is 4.12. The van der Waals surface area contributed by atoms with E-state index < -0.39 is 0 Å². The van der Waals surface area contributed by atoms with Crippen LogP contribution in [0.2, 0.25) is 5.02 Å². The van der Waals surface area contributed by atoms with Crippen LogP contribution >= 0.6 is 11.6 Å². The number of rotatable bonds is 6. The number of hydrogen-bond donors (Lipinski definition) is 1. The van der Waals surface area contributed by atoms with Crippen LogP contribution in [0, 0.1) is 0 Å². The van der Waals surface area contributed by atoms with Gasteiger partial charge in [0.25, 0.3) is 0 Å². The van der Waals surface area contributed by atoms with Gasteiger partial charge in [0, 0.05) is 43.5 Å². The second-order valence-corrected chi connectivity index (χ2v) is 6.38. The fourth-order valence-electron chi connectivity index (χ4n) is 2.78. The monoisotopic (exact) mass is 294 g/mol. The maximum Gasteiger partial charge on any atom is 0.0750 e. The minimum atomic E-state index is 0.364. The Morgan fingerprint density at radius 2 is 2.20 bits per heavy atom. The van der Waals surface area contributed by atoms with Crippen molar-refractivity contribution >= 4 is 17.3 Å². The van der Waals surface area contributed by atoms with E-state index >= 15 is 0 Å². The van der Waals surface area contributed by atoms with Crippen molar-refractivity contribution < 1.29 is 4.74 Å². The van der Waals surface area contributed by atoms with E-state index in [0.717, 1.165) is 30.8 Å². The second kappa shape index (κ2) is 6.33. The first-order valence-corrected chi connectivity index (χ1v) is 7.95. The van der Waals surface area contributed by atoms with E-state index in [1.54, 1.807) is 0 Å². The lowest BCUT2D eigenvalue weighted by Gasteiger charge is -2.25. The van der Waals surface area contributed by atoms with Gasteiger partial charge in [-0.05, 0) is 43.4 Å². The molecule has 1 aromatic carbocycles. The van der Waals surface area contributed by atoms with Crippen LogP contribution in [0.4, 0.5) is 5.69 Å².